The molecule has 19 heavy (non-hydrogen) atoms. The summed E-state index contributed by atoms with van der Waals surface area (Å²) in [7, 11) is 0. The lowest BCUT2D eigenvalue weighted by atomic mass is 10.0. The van der Waals surface area contributed by atoms with E-state index in [4.69, 9.17) is 17.3 Å². The van der Waals surface area contributed by atoms with Crippen LogP contribution >= 0.6 is 11.6 Å². The third-order valence-corrected chi connectivity index (χ3v) is 3.81. The number of hydrogen-bond acceptors (Lipinski definition) is 4. The molecule has 0 aliphatic carbocycles. The Hall–Kier alpha value is -1.40. The Balaban J connectivity index is 2.34. The molecule has 0 amide bonds. The van der Waals surface area contributed by atoms with E-state index in [1.54, 1.807) is 4.90 Å². The summed E-state index contributed by atoms with van der Waals surface area (Å²) < 4.78 is 13.5. The van der Waals surface area contributed by atoms with Crippen molar-refractivity contribution in [2.45, 2.75) is 19.4 Å². The molecule has 104 valence electrons. The highest BCUT2D eigenvalue weighted by molar-refractivity contribution is 6.31. The third-order valence-electron chi connectivity index (χ3n) is 3.52. The first-order valence-corrected chi connectivity index (χ1v) is 6.42. The van der Waals surface area contributed by atoms with Crippen molar-refractivity contribution in [3.63, 3.8) is 0 Å². The Kier molecular flexibility index (Phi) is 3.91. The van der Waals surface area contributed by atoms with Crippen LogP contribution in [0.3, 0.4) is 0 Å². The Labute approximate surface area is 115 Å². The molecule has 1 aromatic rings. The van der Waals surface area contributed by atoms with E-state index in [1.165, 1.54) is 0 Å². The van der Waals surface area contributed by atoms with E-state index in [0.29, 0.717) is 13.1 Å². The van der Waals surface area contributed by atoms with E-state index >= 15 is 0 Å². The quantitative estimate of drug-likeness (QED) is 0.685. The van der Waals surface area contributed by atoms with Crippen molar-refractivity contribution in [3.05, 3.63) is 33.1 Å². The fraction of sp³-hybridized carbons (Fsp3) is 0.500. The van der Waals surface area contributed by atoms with E-state index < -0.39 is 10.7 Å². The number of hydrogen-bond donors (Lipinski definition) is 1. The number of nitrogens with two attached hydrogens (primary N) is 1. The predicted molar refractivity (Wildman–Crippen MR) is 72.0 cm³/mol. The number of halogens is 2. The van der Waals surface area contributed by atoms with Gasteiger partial charge < -0.3 is 10.6 Å². The minimum atomic E-state index is -0.647. The van der Waals surface area contributed by atoms with Crippen molar-refractivity contribution >= 4 is 23.0 Å². The van der Waals surface area contributed by atoms with Crippen molar-refractivity contribution in [2.24, 2.45) is 11.7 Å². The highest BCUT2D eigenvalue weighted by Crippen LogP contribution is 2.36. The van der Waals surface area contributed by atoms with Crippen LogP contribution in [0, 0.1) is 21.8 Å². The number of nitrogens with zero attached hydrogens (tertiary/aromatic N) is 2. The van der Waals surface area contributed by atoms with Gasteiger partial charge in [0.05, 0.1) is 9.95 Å². The first-order chi connectivity index (χ1) is 8.90. The van der Waals surface area contributed by atoms with Gasteiger partial charge in [-0.25, -0.2) is 4.39 Å². The first kappa shape index (κ1) is 14.0. The lowest BCUT2D eigenvalue weighted by Crippen LogP contribution is -2.30. The minimum Gasteiger partial charge on any atom is -0.366 e. The summed E-state index contributed by atoms with van der Waals surface area (Å²) in [4.78, 5) is 12.3. The molecule has 1 aromatic carbocycles. The van der Waals surface area contributed by atoms with Crippen molar-refractivity contribution in [2.75, 3.05) is 18.0 Å². The van der Waals surface area contributed by atoms with Crippen LogP contribution < -0.4 is 10.6 Å². The van der Waals surface area contributed by atoms with E-state index in [-0.39, 0.29) is 28.4 Å². The monoisotopic (exact) mass is 287 g/mol. The van der Waals surface area contributed by atoms with Crippen LogP contribution in [-0.4, -0.2) is 24.1 Å². The lowest BCUT2D eigenvalue weighted by molar-refractivity contribution is -0.384. The molecular formula is C12H15ClFN3O2. The molecule has 2 atom stereocenters. The van der Waals surface area contributed by atoms with E-state index in [9.17, 15) is 14.5 Å². The molecule has 0 bridgehead atoms. The fourth-order valence-corrected chi connectivity index (χ4v) is 2.52. The Morgan fingerprint density at radius 1 is 1.63 bits per heavy atom. The second-order valence-corrected chi connectivity index (χ2v) is 5.27. The largest absolute Gasteiger partial charge is 0.366 e. The van der Waals surface area contributed by atoms with Gasteiger partial charge in [0, 0.05) is 31.3 Å². The predicted octanol–water partition coefficient (Wildman–Crippen LogP) is 2.56. The number of rotatable bonds is 3. The first-order valence-electron chi connectivity index (χ1n) is 6.04. The maximum atomic E-state index is 13.5. The van der Waals surface area contributed by atoms with Gasteiger partial charge in [0.2, 0.25) is 0 Å². The van der Waals surface area contributed by atoms with Gasteiger partial charge >= 0.3 is 0 Å². The molecule has 2 N–H and O–H groups in total. The topological polar surface area (TPSA) is 72.4 Å². The molecule has 2 rings (SSSR count). The summed E-state index contributed by atoms with van der Waals surface area (Å²) in [5, 5.41) is 10.8. The molecule has 1 fully saturated rings. The van der Waals surface area contributed by atoms with Crippen LogP contribution in [0.2, 0.25) is 5.02 Å². The van der Waals surface area contributed by atoms with Crippen molar-refractivity contribution in [3.8, 4) is 0 Å². The summed E-state index contributed by atoms with van der Waals surface area (Å²) in [6.07, 6.45) is 0.846. The Morgan fingerprint density at radius 2 is 2.32 bits per heavy atom. The fourth-order valence-electron chi connectivity index (χ4n) is 2.36. The SMILES string of the molecule is CC(N)C1CCN(c2cc(F)c(Cl)cc2[N+](=O)[O-])C1. The maximum absolute atomic E-state index is 13.5. The second-order valence-electron chi connectivity index (χ2n) is 4.87. The van der Waals surface area contributed by atoms with Crippen molar-refractivity contribution in [1.29, 1.82) is 0 Å². The van der Waals surface area contributed by atoms with Gasteiger partial charge in [0.25, 0.3) is 5.69 Å². The van der Waals surface area contributed by atoms with Crippen molar-refractivity contribution in [1.82, 2.24) is 0 Å². The maximum Gasteiger partial charge on any atom is 0.294 e. The Bertz CT molecular complexity index is 510. The molecular weight excluding hydrogens is 273 g/mol. The highest BCUT2D eigenvalue weighted by Gasteiger charge is 2.30. The zero-order chi connectivity index (χ0) is 14.2. The molecule has 1 heterocycles. The van der Waals surface area contributed by atoms with Crippen molar-refractivity contribution < 1.29 is 9.31 Å². The van der Waals surface area contributed by atoms with Gasteiger partial charge in [0.1, 0.15) is 11.5 Å². The third kappa shape index (κ3) is 2.79. The zero-order valence-electron chi connectivity index (χ0n) is 10.5. The van der Waals surface area contributed by atoms with Crippen LogP contribution in [0.25, 0.3) is 0 Å². The zero-order valence-corrected chi connectivity index (χ0v) is 11.2. The molecule has 1 aliphatic rings. The van der Waals surface area contributed by atoms with E-state index in [2.05, 4.69) is 0 Å². The van der Waals surface area contributed by atoms with Gasteiger partial charge in [-0.2, -0.15) is 0 Å². The van der Waals surface area contributed by atoms with Crippen LogP contribution in [-0.2, 0) is 0 Å². The molecule has 0 saturated carbocycles. The van der Waals surface area contributed by atoms with Gasteiger partial charge in [-0.1, -0.05) is 11.6 Å². The smallest absolute Gasteiger partial charge is 0.294 e. The molecule has 5 nitrogen and oxygen atoms in total. The van der Waals surface area contributed by atoms with Gasteiger partial charge in [-0.15, -0.1) is 0 Å². The number of nitro groups is 1. The number of benzene rings is 1. The van der Waals surface area contributed by atoms with E-state index in [1.807, 2.05) is 6.92 Å². The second kappa shape index (κ2) is 5.30. The van der Waals surface area contributed by atoms with E-state index in [0.717, 1.165) is 18.6 Å². The van der Waals surface area contributed by atoms with Gasteiger partial charge in [-0.05, 0) is 19.3 Å². The summed E-state index contributed by atoms with van der Waals surface area (Å²) >= 11 is 5.60. The van der Waals surface area contributed by atoms with Gasteiger partial charge in [-0.3, -0.25) is 10.1 Å². The summed E-state index contributed by atoms with van der Waals surface area (Å²) in [5.74, 6) is -0.384. The standard InChI is InChI=1S/C12H15ClFN3O2/c1-7(15)8-2-3-16(6-8)11-5-10(14)9(13)4-12(11)17(18)19/h4-5,7-8H,2-3,6,15H2,1H3. The summed E-state index contributed by atoms with van der Waals surface area (Å²) in [6.45, 7) is 3.14. The van der Waals surface area contributed by atoms with Crippen LogP contribution in [0.5, 0.6) is 0 Å². The average Bonchev–Trinajstić information content (AvgIpc) is 2.81. The average molecular weight is 288 g/mol. The highest BCUT2D eigenvalue weighted by atomic mass is 35.5. The lowest BCUT2D eigenvalue weighted by Gasteiger charge is -2.20. The Morgan fingerprint density at radius 3 is 2.84 bits per heavy atom. The normalized spacial score (nSPS) is 20.6. The van der Waals surface area contributed by atoms with Crippen LogP contribution in [0.1, 0.15) is 13.3 Å². The molecule has 1 aliphatic heterocycles. The summed E-state index contributed by atoms with van der Waals surface area (Å²) in [6, 6.07) is 2.20. The molecule has 2 unspecified atom stereocenters. The van der Waals surface area contributed by atoms with Gasteiger partial charge in [0.15, 0.2) is 0 Å². The van der Waals surface area contributed by atoms with Crippen LogP contribution in [0.4, 0.5) is 15.8 Å². The molecule has 1 saturated heterocycles. The molecule has 0 radical (unpaired) electrons. The van der Waals surface area contributed by atoms with Crippen LogP contribution in [0.15, 0.2) is 12.1 Å². The number of nitro benzene ring substituents is 1. The molecule has 7 heteroatoms. The molecule has 0 aromatic heterocycles. The number of anilines is 1. The molecule has 0 spiro atoms. The minimum absolute atomic E-state index is 0.0150. The summed E-state index contributed by atoms with van der Waals surface area (Å²) in [5.41, 5.74) is 5.94.